The Hall–Kier alpha value is -2.01. The predicted molar refractivity (Wildman–Crippen MR) is 82.4 cm³/mol. The highest BCUT2D eigenvalue weighted by molar-refractivity contribution is 5.42. The smallest absolute Gasteiger partial charge is 0.130 e. The molecule has 114 valence electrons. The Morgan fingerprint density at radius 2 is 2.19 bits per heavy atom. The van der Waals surface area contributed by atoms with E-state index in [0.717, 1.165) is 35.7 Å². The Morgan fingerprint density at radius 3 is 2.86 bits per heavy atom. The lowest BCUT2D eigenvalue weighted by molar-refractivity contribution is 0.288. The third-order valence-corrected chi connectivity index (χ3v) is 3.35. The van der Waals surface area contributed by atoms with E-state index >= 15 is 0 Å². The fourth-order valence-electron chi connectivity index (χ4n) is 2.21. The molecule has 5 heteroatoms. The molecule has 0 amide bonds. The average molecular weight is 289 g/mol. The van der Waals surface area contributed by atoms with Crippen molar-refractivity contribution in [2.24, 2.45) is 5.73 Å². The van der Waals surface area contributed by atoms with Crippen LogP contribution in [-0.4, -0.2) is 16.7 Å². The van der Waals surface area contributed by atoms with E-state index in [-0.39, 0.29) is 6.04 Å². The van der Waals surface area contributed by atoms with Crippen LogP contribution in [0.4, 0.5) is 0 Å². The second-order valence-corrected chi connectivity index (χ2v) is 5.06. The summed E-state index contributed by atoms with van der Waals surface area (Å²) in [5.74, 6) is 1.52. The normalized spacial score (nSPS) is 12.2. The van der Waals surface area contributed by atoms with Gasteiger partial charge in [-0.2, -0.15) is 0 Å². The van der Waals surface area contributed by atoms with Crippen molar-refractivity contribution in [3.8, 4) is 11.5 Å². The number of ether oxygens (including phenoxy) is 2. The molecule has 2 rings (SSSR count). The number of nitrogens with zero attached hydrogens (tertiary/aromatic N) is 2. The molecule has 0 aliphatic heterocycles. The van der Waals surface area contributed by atoms with Crippen LogP contribution in [0.3, 0.4) is 0 Å². The van der Waals surface area contributed by atoms with E-state index in [1.54, 1.807) is 7.11 Å². The van der Waals surface area contributed by atoms with E-state index in [2.05, 4.69) is 16.5 Å². The number of benzene rings is 1. The van der Waals surface area contributed by atoms with Crippen molar-refractivity contribution in [1.82, 2.24) is 9.55 Å². The van der Waals surface area contributed by atoms with E-state index in [4.69, 9.17) is 15.2 Å². The molecule has 0 spiro atoms. The van der Waals surface area contributed by atoms with E-state index in [1.807, 2.05) is 37.6 Å². The molecule has 21 heavy (non-hydrogen) atoms. The van der Waals surface area contributed by atoms with Gasteiger partial charge in [-0.1, -0.05) is 13.0 Å². The fraction of sp³-hybridized carbons (Fsp3) is 0.438. The average Bonchev–Trinajstić information content (AvgIpc) is 2.92. The molecule has 0 saturated carbocycles. The van der Waals surface area contributed by atoms with Gasteiger partial charge in [0.05, 0.1) is 25.3 Å². The van der Waals surface area contributed by atoms with Crippen LogP contribution in [0, 0.1) is 0 Å². The highest BCUT2D eigenvalue weighted by atomic mass is 16.5. The molecule has 1 unspecified atom stereocenters. The van der Waals surface area contributed by atoms with E-state index in [9.17, 15) is 0 Å². The zero-order valence-electron chi connectivity index (χ0n) is 12.9. The molecule has 1 atom stereocenters. The van der Waals surface area contributed by atoms with E-state index in [1.165, 1.54) is 0 Å². The number of imidazole rings is 1. The first-order valence-electron chi connectivity index (χ1n) is 7.21. The third-order valence-electron chi connectivity index (χ3n) is 3.35. The van der Waals surface area contributed by atoms with Gasteiger partial charge in [0.2, 0.25) is 0 Å². The van der Waals surface area contributed by atoms with Crippen molar-refractivity contribution in [1.29, 1.82) is 0 Å². The topological polar surface area (TPSA) is 62.3 Å². The molecule has 1 heterocycles. The Balaban J connectivity index is 2.16. The number of nitrogens with two attached hydrogens (primary N) is 1. The van der Waals surface area contributed by atoms with Gasteiger partial charge in [-0.15, -0.1) is 0 Å². The summed E-state index contributed by atoms with van der Waals surface area (Å²) < 4.78 is 13.3. The maximum absolute atomic E-state index is 5.99. The summed E-state index contributed by atoms with van der Waals surface area (Å²) >= 11 is 0. The van der Waals surface area contributed by atoms with Gasteiger partial charge in [0, 0.05) is 24.2 Å². The number of methoxy groups -OCH3 is 1. The first-order chi connectivity index (χ1) is 10.2. The molecule has 0 saturated heterocycles. The predicted octanol–water partition coefficient (Wildman–Crippen LogP) is 2.90. The van der Waals surface area contributed by atoms with Gasteiger partial charge in [0.1, 0.15) is 18.1 Å². The monoisotopic (exact) mass is 289 g/mol. The van der Waals surface area contributed by atoms with Crippen LogP contribution >= 0.6 is 0 Å². The van der Waals surface area contributed by atoms with E-state index in [0.29, 0.717) is 6.61 Å². The first kappa shape index (κ1) is 15.4. The molecule has 2 N–H and O–H groups in total. The molecular formula is C16H23N3O2. The highest BCUT2D eigenvalue weighted by Crippen LogP contribution is 2.29. The van der Waals surface area contributed by atoms with Gasteiger partial charge in [-0.25, -0.2) is 4.98 Å². The summed E-state index contributed by atoms with van der Waals surface area (Å²) in [6.45, 7) is 5.49. The maximum Gasteiger partial charge on any atom is 0.130 e. The quantitative estimate of drug-likeness (QED) is 0.851. The van der Waals surface area contributed by atoms with Crippen LogP contribution in [0.1, 0.15) is 37.6 Å². The second kappa shape index (κ2) is 7.13. The second-order valence-electron chi connectivity index (χ2n) is 5.06. The molecule has 1 aromatic heterocycles. The molecule has 0 bridgehead atoms. The van der Waals surface area contributed by atoms with Gasteiger partial charge in [0.25, 0.3) is 0 Å². The zero-order valence-corrected chi connectivity index (χ0v) is 12.9. The number of hydrogen-bond acceptors (Lipinski definition) is 4. The van der Waals surface area contributed by atoms with Gasteiger partial charge in [-0.3, -0.25) is 0 Å². The third kappa shape index (κ3) is 3.76. The largest absolute Gasteiger partial charge is 0.497 e. The Labute approximate surface area is 125 Å². The lowest BCUT2D eigenvalue weighted by Gasteiger charge is -2.16. The maximum atomic E-state index is 5.99. The van der Waals surface area contributed by atoms with Crippen LogP contribution < -0.4 is 15.2 Å². The van der Waals surface area contributed by atoms with Crippen molar-refractivity contribution < 1.29 is 9.47 Å². The van der Waals surface area contributed by atoms with E-state index < -0.39 is 0 Å². The standard InChI is InChI=1S/C16H23N3O2/c1-4-7-19-11-18-9-13(19)10-21-16-8-14(20-3)5-6-15(16)12(2)17/h5-6,8-9,11-12H,4,7,10,17H2,1-3H3. The highest BCUT2D eigenvalue weighted by Gasteiger charge is 2.11. The zero-order chi connectivity index (χ0) is 15.2. The number of rotatable bonds is 7. The summed E-state index contributed by atoms with van der Waals surface area (Å²) in [5.41, 5.74) is 8.02. The fourth-order valence-corrected chi connectivity index (χ4v) is 2.21. The summed E-state index contributed by atoms with van der Waals surface area (Å²) in [6.07, 6.45) is 4.73. The van der Waals surface area contributed by atoms with Crippen molar-refractivity contribution in [3.63, 3.8) is 0 Å². The summed E-state index contributed by atoms with van der Waals surface area (Å²) in [4.78, 5) is 4.18. The van der Waals surface area contributed by atoms with Gasteiger partial charge >= 0.3 is 0 Å². The van der Waals surface area contributed by atoms with Crippen LogP contribution in [0.25, 0.3) is 0 Å². The number of aryl methyl sites for hydroxylation is 1. The van der Waals surface area contributed by atoms with Crippen LogP contribution in [-0.2, 0) is 13.2 Å². The molecule has 0 radical (unpaired) electrons. The van der Waals surface area contributed by atoms with Crippen LogP contribution in [0.15, 0.2) is 30.7 Å². The summed E-state index contributed by atoms with van der Waals surface area (Å²) in [7, 11) is 1.64. The van der Waals surface area contributed by atoms with Crippen molar-refractivity contribution >= 4 is 0 Å². The minimum atomic E-state index is -0.0912. The van der Waals surface area contributed by atoms with Gasteiger partial charge < -0.3 is 19.8 Å². The Morgan fingerprint density at radius 1 is 1.38 bits per heavy atom. The Kier molecular flexibility index (Phi) is 5.22. The molecule has 2 aromatic rings. The van der Waals surface area contributed by atoms with Crippen LogP contribution in [0.5, 0.6) is 11.5 Å². The number of hydrogen-bond donors (Lipinski definition) is 1. The molecule has 0 aliphatic rings. The lowest BCUT2D eigenvalue weighted by atomic mass is 10.1. The van der Waals surface area contributed by atoms with Gasteiger partial charge in [0.15, 0.2) is 0 Å². The van der Waals surface area contributed by atoms with Crippen LogP contribution in [0.2, 0.25) is 0 Å². The minimum absolute atomic E-state index is 0.0912. The number of aromatic nitrogens is 2. The SMILES string of the molecule is CCCn1cncc1COc1cc(OC)ccc1C(C)N. The summed E-state index contributed by atoms with van der Waals surface area (Å²) in [6, 6.07) is 5.63. The molecule has 0 aliphatic carbocycles. The minimum Gasteiger partial charge on any atom is -0.497 e. The van der Waals surface area contributed by atoms with Crippen molar-refractivity contribution in [2.45, 2.75) is 39.5 Å². The molecule has 1 aromatic carbocycles. The van der Waals surface area contributed by atoms with Crippen molar-refractivity contribution in [2.75, 3.05) is 7.11 Å². The molecular weight excluding hydrogens is 266 g/mol. The first-order valence-corrected chi connectivity index (χ1v) is 7.21. The lowest BCUT2D eigenvalue weighted by Crippen LogP contribution is -2.10. The molecule has 5 nitrogen and oxygen atoms in total. The summed E-state index contributed by atoms with van der Waals surface area (Å²) in [5, 5.41) is 0. The van der Waals surface area contributed by atoms with Gasteiger partial charge in [-0.05, 0) is 19.4 Å². The molecule has 0 fully saturated rings. The Bertz CT molecular complexity index is 579. The van der Waals surface area contributed by atoms with Crippen molar-refractivity contribution in [3.05, 3.63) is 42.0 Å².